The lowest BCUT2D eigenvalue weighted by atomic mass is 10.2. The summed E-state index contributed by atoms with van der Waals surface area (Å²) >= 11 is 0. The SMILES string of the molecule is CC(C)COc1cccc(C(=O)OCC(=O)NC(=O)Nc2ccc3c(c2)OCCO3)c1. The van der Waals surface area contributed by atoms with E-state index in [0.29, 0.717) is 48.7 Å². The van der Waals surface area contributed by atoms with Crippen LogP contribution in [-0.4, -0.2) is 44.3 Å². The van der Waals surface area contributed by atoms with Crippen molar-refractivity contribution in [3.8, 4) is 17.2 Å². The average molecular weight is 428 g/mol. The Labute approximate surface area is 179 Å². The van der Waals surface area contributed by atoms with Gasteiger partial charge in [0.15, 0.2) is 18.1 Å². The highest BCUT2D eigenvalue weighted by Crippen LogP contribution is 2.32. The Morgan fingerprint density at radius 1 is 1.03 bits per heavy atom. The smallest absolute Gasteiger partial charge is 0.338 e. The summed E-state index contributed by atoms with van der Waals surface area (Å²) in [7, 11) is 0. The number of anilines is 1. The summed E-state index contributed by atoms with van der Waals surface area (Å²) in [6.45, 7) is 4.81. The van der Waals surface area contributed by atoms with Gasteiger partial charge in [0.2, 0.25) is 0 Å². The van der Waals surface area contributed by atoms with Crippen LogP contribution in [0.15, 0.2) is 42.5 Å². The van der Waals surface area contributed by atoms with Crippen molar-refractivity contribution in [2.75, 3.05) is 31.7 Å². The number of esters is 1. The van der Waals surface area contributed by atoms with Crippen LogP contribution in [0.4, 0.5) is 10.5 Å². The molecule has 1 aliphatic rings. The van der Waals surface area contributed by atoms with Crippen LogP contribution in [0.1, 0.15) is 24.2 Å². The van der Waals surface area contributed by atoms with Gasteiger partial charge >= 0.3 is 12.0 Å². The van der Waals surface area contributed by atoms with Gasteiger partial charge in [0.05, 0.1) is 12.2 Å². The molecule has 31 heavy (non-hydrogen) atoms. The van der Waals surface area contributed by atoms with Gasteiger partial charge < -0.3 is 24.3 Å². The van der Waals surface area contributed by atoms with E-state index in [-0.39, 0.29) is 5.56 Å². The number of carbonyl (C=O) groups is 3. The van der Waals surface area contributed by atoms with Crippen molar-refractivity contribution in [3.05, 3.63) is 48.0 Å². The third-order valence-corrected chi connectivity index (χ3v) is 4.04. The molecule has 0 fully saturated rings. The Hall–Kier alpha value is -3.75. The number of ether oxygens (including phenoxy) is 4. The monoisotopic (exact) mass is 428 g/mol. The van der Waals surface area contributed by atoms with E-state index in [1.165, 1.54) is 6.07 Å². The predicted octanol–water partition coefficient (Wildman–Crippen LogP) is 3.00. The van der Waals surface area contributed by atoms with Gasteiger partial charge in [-0.05, 0) is 36.2 Å². The van der Waals surface area contributed by atoms with Gasteiger partial charge in [0.1, 0.15) is 19.0 Å². The fraction of sp³-hybridized carbons (Fsp3) is 0.318. The van der Waals surface area contributed by atoms with Crippen LogP contribution in [0, 0.1) is 5.92 Å². The second-order valence-electron chi connectivity index (χ2n) is 7.17. The van der Waals surface area contributed by atoms with Crippen molar-refractivity contribution < 1.29 is 33.3 Å². The summed E-state index contributed by atoms with van der Waals surface area (Å²) in [5, 5.41) is 4.61. The molecular formula is C22H24N2O7. The van der Waals surface area contributed by atoms with E-state index in [4.69, 9.17) is 18.9 Å². The van der Waals surface area contributed by atoms with Gasteiger partial charge in [0.25, 0.3) is 5.91 Å². The predicted molar refractivity (Wildman–Crippen MR) is 112 cm³/mol. The first kappa shape index (κ1) is 21.9. The largest absolute Gasteiger partial charge is 0.493 e. The third-order valence-electron chi connectivity index (χ3n) is 4.04. The van der Waals surface area contributed by atoms with E-state index in [2.05, 4.69) is 10.6 Å². The molecule has 0 unspecified atom stereocenters. The number of hydrogen-bond donors (Lipinski definition) is 2. The zero-order valence-corrected chi connectivity index (χ0v) is 17.3. The van der Waals surface area contributed by atoms with Crippen LogP contribution in [0.5, 0.6) is 17.2 Å². The van der Waals surface area contributed by atoms with E-state index in [1.54, 1.807) is 36.4 Å². The van der Waals surface area contributed by atoms with Gasteiger partial charge in [-0.15, -0.1) is 0 Å². The minimum atomic E-state index is -0.768. The van der Waals surface area contributed by atoms with Gasteiger partial charge in [-0.1, -0.05) is 19.9 Å². The van der Waals surface area contributed by atoms with E-state index in [0.717, 1.165) is 0 Å². The number of urea groups is 1. The highest BCUT2D eigenvalue weighted by molar-refractivity contribution is 6.02. The van der Waals surface area contributed by atoms with Gasteiger partial charge in [0, 0.05) is 11.8 Å². The van der Waals surface area contributed by atoms with Crippen molar-refractivity contribution in [2.45, 2.75) is 13.8 Å². The molecule has 0 atom stereocenters. The highest BCUT2D eigenvalue weighted by Gasteiger charge is 2.15. The molecule has 2 N–H and O–H groups in total. The molecule has 0 spiro atoms. The molecule has 0 bridgehead atoms. The summed E-state index contributed by atoms with van der Waals surface area (Å²) in [6, 6.07) is 10.6. The molecule has 0 aliphatic carbocycles. The van der Waals surface area contributed by atoms with E-state index in [1.807, 2.05) is 13.8 Å². The molecule has 2 aromatic rings. The maximum Gasteiger partial charge on any atom is 0.338 e. The van der Waals surface area contributed by atoms with Gasteiger partial charge in [-0.2, -0.15) is 0 Å². The van der Waals surface area contributed by atoms with Crippen molar-refractivity contribution in [3.63, 3.8) is 0 Å². The number of carbonyl (C=O) groups excluding carboxylic acids is 3. The minimum absolute atomic E-state index is 0.245. The molecule has 3 amide bonds. The van der Waals surface area contributed by atoms with E-state index < -0.39 is 24.5 Å². The first-order valence-electron chi connectivity index (χ1n) is 9.81. The molecule has 1 aliphatic heterocycles. The normalized spacial score (nSPS) is 12.1. The number of nitrogens with one attached hydrogen (secondary N) is 2. The zero-order chi connectivity index (χ0) is 22.2. The Morgan fingerprint density at radius 2 is 1.81 bits per heavy atom. The quantitative estimate of drug-likeness (QED) is 0.652. The number of fused-ring (bicyclic) bond motifs is 1. The molecule has 164 valence electrons. The second kappa shape index (κ2) is 10.3. The first-order chi connectivity index (χ1) is 14.9. The van der Waals surface area contributed by atoms with E-state index >= 15 is 0 Å². The van der Waals surface area contributed by atoms with E-state index in [9.17, 15) is 14.4 Å². The molecule has 1 heterocycles. The highest BCUT2D eigenvalue weighted by atomic mass is 16.6. The number of hydrogen-bond acceptors (Lipinski definition) is 7. The fourth-order valence-corrected chi connectivity index (χ4v) is 2.64. The number of amides is 3. The second-order valence-corrected chi connectivity index (χ2v) is 7.17. The van der Waals surface area contributed by atoms with Gasteiger partial charge in [-0.25, -0.2) is 9.59 Å². The average Bonchev–Trinajstić information content (AvgIpc) is 2.76. The van der Waals surface area contributed by atoms with Crippen LogP contribution in [0.25, 0.3) is 0 Å². The van der Waals surface area contributed by atoms with Crippen molar-refractivity contribution in [1.29, 1.82) is 0 Å². The standard InChI is InChI=1S/C22H24N2O7/c1-14(2)12-30-17-5-3-4-15(10-17)21(26)31-13-20(25)24-22(27)23-16-6-7-18-19(11-16)29-9-8-28-18/h3-7,10-11,14H,8-9,12-13H2,1-2H3,(H2,23,24,25,27). The first-order valence-corrected chi connectivity index (χ1v) is 9.81. The molecule has 0 aromatic heterocycles. The van der Waals surface area contributed by atoms with Crippen LogP contribution in [0.3, 0.4) is 0 Å². The van der Waals surface area contributed by atoms with Crippen LogP contribution >= 0.6 is 0 Å². The lowest BCUT2D eigenvalue weighted by molar-refractivity contribution is -0.123. The van der Waals surface area contributed by atoms with Crippen LogP contribution in [-0.2, 0) is 9.53 Å². The van der Waals surface area contributed by atoms with Crippen molar-refractivity contribution in [1.82, 2.24) is 5.32 Å². The lowest BCUT2D eigenvalue weighted by Gasteiger charge is -2.19. The molecule has 9 heteroatoms. The zero-order valence-electron chi connectivity index (χ0n) is 17.3. The molecular weight excluding hydrogens is 404 g/mol. The maximum atomic E-state index is 12.2. The van der Waals surface area contributed by atoms with Crippen LogP contribution in [0.2, 0.25) is 0 Å². The molecule has 2 aromatic carbocycles. The number of benzene rings is 2. The van der Waals surface area contributed by atoms with Gasteiger partial charge in [-0.3, -0.25) is 10.1 Å². The number of imide groups is 1. The van der Waals surface area contributed by atoms with Crippen molar-refractivity contribution >= 4 is 23.6 Å². The topological polar surface area (TPSA) is 112 Å². The lowest BCUT2D eigenvalue weighted by Crippen LogP contribution is -2.37. The fourth-order valence-electron chi connectivity index (χ4n) is 2.64. The van der Waals surface area contributed by atoms with Crippen LogP contribution < -0.4 is 24.8 Å². The maximum absolute atomic E-state index is 12.2. The minimum Gasteiger partial charge on any atom is -0.493 e. The van der Waals surface area contributed by atoms with Crippen molar-refractivity contribution in [2.24, 2.45) is 5.92 Å². The summed E-state index contributed by atoms with van der Waals surface area (Å²) in [5.41, 5.74) is 0.666. The third kappa shape index (κ3) is 6.63. The summed E-state index contributed by atoms with van der Waals surface area (Å²) in [4.78, 5) is 36.1. The molecule has 0 saturated heterocycles. The Balaban J connectivity index is 1.46. The summed E-state index contributed by atoms with van der Waals surface area (Å²) in [6.07, 6.45) is 0. The Kier molecular flexibility index (Phi) is 7.31. The molecule has 0 radical (unpaired) electrons. The Morgan fingerprint density at radius 3 is 2.58 bits per heavy atom. The number of rotatable bonds is 7. The summed E-state index contributed by atoms with van der Waals surface area (Å²) in [5.74, 6) is 0.495. The molecule has 9 nitrogen and oxygen atoms in total. The Bertz CT molecular complexity index is 959. The summed E-state index contributed by atoms with van der Waals surface area (Å²) < 4.78 is 21.4. The molecule has 0 saturated carbocycles. The molecule has 3 rings (SSSR count).